The van der Waals surface area contributed by atoms with Crippen molar-refractivity contribution in [2.24, 2.45) is 10.9 Å². The van der Waals surface area contributed by atoms with Crippen molar-refractivity contribution in [2.75, 3.05) is 20.3 Å². The molecular weight excluding hydrogens is 526 g/mol. The molecule has 2 aromatic rings. The molecule has 0 heterocycles. The van der Waals surface area contributed by atoms with Gasteiger partial charge in [0.1, 0.15) is 5.75 Å². The molecule has 0 atom stereocenters. The summed E-state index contributed by atoms with van der Waals surface area (Å²) in [5, 5.41) is 3.52. The first-order chi connectivity index (χ1) is 19.2. The zero-order valence-corrected chi connectivity index (χ0v) is 24.7. The predicted octanol–water partition coefficient (Wildman–Crippen LogP) is 7.15. The van der Waals surface area contributed by atoms with Gasteiger partial charge in [-0.3, -0.25) is 4.79 Å². The van der Waals surface area contributed by atoms with Gasteiger partial charge in [0, 0.05) is 17.6 Å². The molecular formula is C32H46ClN3O4. The standard InChI is InChI=1S/C32H45N3O4.ClH/c1-37-31-23-26(32(36)35(27-11-5-2-6-12-27)28-13-7-3-8-14-28)17-20-30(31)39-22-10-4-9-21-38-29-18-15-25(16-19-29)24-34-33;/h15-20,23-24,27-28H,2-14,21-22,33H2,1H3;1H. The molecule has 2 aliphatic carbocycles. The molecule has 2 N–H and O–H groups in total. The van der Waals surface area contributed by atoms with Crippen molar-refractivity contribution >= 4 is 24.5 Å². The Morgan fingerprint density at radius 2 is 1.45 bits per heavy atom. The minimum absolute atomic E-state index is 0. The molecule has 2 aromatic carbocycles. The number of carbonyl (C=O) groups excluding carboxylic acids is 1. The van der Waals surface area contributed by atoms with Gasteiger partial charge in [-0.2, -0.15) is 5.10 Å². The Kier molecular flexibility index (Phi) is 13.4. The van der Waals surface area contributed by atoms with Crippen molar-refractivity contribution in [1.82, 2.24) is 4.90 Å². The normalized spacial score (nSPS) is 16.3. The lowest BCUT2D eigenvalue weighted by atomic mass is 9.88. The second-order valence-corrected chi connectivity index (χ2v) is 10.8. The minimum Gasteiger partial charge on any atom is -0.494 e. The van der Waals surface area contributed by atoms with Crippen LogP contribution in [-0.2, 0) is 0 Å². The molecule has 0 aromatic heterocycles. The molecule has 4 rings (SSSR count). The average molecular weight is 572 g/mol. The number of unbranched alkanes of at least 4 members (excludes halogenated alkanes) is 2. The number of hydrazone groups is 1. The summed E-state index contributed by atoms with van der Waals surface area (Å²) in [6, 6.07) is 14.1. The molecule has 40 heavy (non-hydrogen) atoms. The van der Waals surface area contributed by atoms with Gasteiger partial charge in [0.25, 0.3) is 5.91 Å². The highest BCUT2D eigenvalue weighted by atomic mass is 35.5. The Labute approximate surface area is 245 Å². The van der Waals surface area contributed by atoms with E-state index in [0.717, 1.165) is 56.3 Å². The van der Waals surface area contributed by atoms with Crippen LogP contribution in [0.15, 0.2) is 47.6 Å². The SMILES string of the molecule is COc1cc(C(=O)N(C2CCCCC2)C2CCCCC2)ccc1OCCCCCOc1ccc(C=NN)cc1.Cl. The van der Waals surface area contributed by atoms with Crippen LogP contribution in [0.1, 0.15) is 99.4 Å². The smallest absolute Gasteiger partial charge is 0.254 e. The topological polar surface area (TPSA) is 86.4 Å². The number of ether oxygens (including phenoxy) is 3. The zero-order valence-electron chi connectivity index (χ0n) is 23.9. The summed E-state index contributed by atoms with van der Waals surface area (Å²) < 4.78 is 17.5. The monoisotopic (exact) mass is 571 g/mol. The first-order valence-corrected chi connectivity index (χ1v) is 14.8. The van der Waals surface area contributed by atoms with E-state index in [1.165, 1.54) is 38.5 Å². The maximum Gasteiger partial charge on any atom is 0.254 e. The molecule has 8 heteroatoms. The fourth-order valence-corrected chi connectivity index (χ4v) is 5.91. The van der Waals surface area contributed by atoms with Gasteiger partial charge in [-0.05, 0) is 93.0 Å². The van der Waals surface area contributed by atoms with Crippen LogP contribution in [0.4, 0.5) is 0 Å². The molecule has 7 nitrogen and oxygen atoms in total. The Morgan fingerprint density at radius 3 is 2.02 bits per heavy atom. The van der Waals surface area contributed by atoms with E-state index >= 15 is 0 Å². The highest BCUT2D eigenvalue weighted by molar-refractivity contribution is 5.95. The van der Waals surface area contributed by atoms with E-state index < -0.39 is 0 Å². The van der Waals surface area contributed by atoms with E-state index in [9.17, 15) is 4.79 Å². The Hall–Kier alpha value is -2.93. The quantitative estimate of drug-likeness (QED) is 0.119. The fourth-order valence-electron chi connectivity index (χ4n) is 5.91. The third kappa shape index (κ3) is 9.05. The van der Waals surface area contributed by atoms with Crippen LogP contribution in [0.5, 0.6) is 17.2 Å². The van der Waals surface area contributed by atoms with E-state index in [4.69, 9.17) is 20.1 Å². The lowest BCUT2D eigenvalue weighted by molar-refractivity contribution is 0.0448. The second-order valence-electron chi connectivity index (χ2n) is 10.8. The Morgan fingerprint density at radius 1 is 0.850 bits per heavy atom. The summed E-state index contributed by atoms with van der Waals surface area (Å²) in [6.45, 7) is 1.25. The average Bonchev–Trinajstić information content (AvgIpc) is 2.99. The second kappa shape index (κ2) is 17.0. The molecule has 220 valence electrons. The number of rotatable bonds is 13. The molecule has 2 aliphatic rings. The summed E-state index contributed by atoms with van der Waals surface area (Å²) in [6.07, 6.45) is 16.4. The maximum atomic E-state index is 13.8. The largest absolute Gasteiger partial charge is 0.494 e. The van der Waals surface area contributed by atoms with Crippen LogP contribution < -0.4 is 20.1 Å². The Bertz CT molecular complexity index is 1030. The van der Waals surface area contributed by atoms with Crippen molar-refractivity contribution < 1.29 is 19.0 Å². The van der Waals surface area contributed by atoms with Crippen molar-refractivity contribution in [1.29, 1.82) is 0 Å². The van der Waals surface area contributed by atoms with Crippen LogP contribution in [0.2, 0.25) is 0 Å². The summed E-state index contributed by atoms with van der Waals surface area (Å²) in [5.74, 6) is 7.48. The third-order valence-electron chi connectivity index (χ3n) is 8.00. The summed E-state index contributed by atoms with van der Waals surface area (Å²) >= 11 is 0. The van der Waals surface area contributed by atoms with Crippen molar-refractivity contribution in [3.63, 3.8) is 0 Å². The van der Waals surface area contributed by atoms with E-state index in [1.807, 2.05) is 42.5 Å². The van der Waals surface area contributed by atoms with Gasteiger partial charge in [-0.1, -0.05) is 38.5 Å². The van der Waals surface area contributed by atoms with Crippen molar-refractivity contribution in [3.8, 4) is 17.2 Å². The molecule has 0 bridgehead atoms. The number of amides is 1. The molecule has 0 unspecified atom stereocenters. The maximum absolute atomic E-state index is 13.8. The van der Waals surface area contributed by atoms with E-state index in [0.29, 0.717) is 42.4 Å². The number of methoxy groups -OCH3 is 1. The lowest BCUT2D eigenvalue weighted by Crippen LogP contribution is -2.48. The highest BCUT2D eigenvalue weighted by Gasteiger charge is 2.33. The van der Waals surface area contributed by atoms with Gasteiger partial charge in [0.2, 0.25) is 0 Å². The van der Waals surface area contributed by atoms with E-state index in [1.54, 1.807) is 13.3 Å². The molecule has 1 amide bonds. The lowest BCUT2D eigenvalue weighted by Gasteiger charge is -2.42. The van der Waals surface area contributed by atoms with Gasteiger partial charge in [0.05, 0.1) is 26.5 Å². The summed E-state index contributed by atoms with van der Waals surface area (Å²) in [7, 11) is 1.64. The zero-order chi connectivity index (χ0) is 27.3. The van der Waals surface area contributed by atoms with Crippen LogP contribution in [-0.4, -0.2) is 49.4 Å². The number of benzene rings is 2. The number of carbonyl (C=O) groups is 1. The number of hydrogen-bond donors (Lipinski definition) is 1. The van der Waals surface area contributed by atoms with Gasteiger partial charge >= 0.3 is 0 Å². The van der Waals surface area contributed by atoms with Gasteiger partial charge in [-0.25, -0.2) is 0 Å². The first kappa shape index (κ1) is 31.6. The third-order valence-corrected chi connectivity index (χ3v) is 8.00. The number of hydrogen-bond acceptors (Lipinski definition) is 6. The molecule has 2 fully saturated rings. The van der Waals surface area contributed by atoms with Crippen molar-refractivity contribution in [3.05, 3.63) is 53.6 Å². The van der Waals surface area contributed by atoms with Gasteiger partial charge < -0.3 is 25.0 Å². The number of nitrogens with zero attached hydrogens (tertiary/aromatic N) is 2. The van der Waals surface area contributed by atoms with Crippen LogP contribution in [0.25, 0.3) is 0 Å². The van der Waals surface area contributed by atoms with Crippen molar-refractivity contribution in [2.45, 2.75) is 95.6 Å². The molecule has 0 saturated heterocycles. The van der Waals surface area contributed by atoms with E-state index in [2.05, 4.69) is 10.0 Å². The molecule has 0 radical (unpaired) electrons. The summed E-state index contributed by atoms with van der Waals surface area (Å²) in [4.78, 5) is 16.1. The van der Waals surface area contributed by atoms with Crippen LogP contribution in [0.3, 0.4) is 0 Å². The number of halogens is 1. The first-order valence-electron chi connectivity index (χ1n) is 14.8. The molecule has 0 spiro atoms. The summed E-state index contributed by atoms with van der Waals surface area (Å²) in [5.41, 5.74) is 1.65. The van der Waals surface area contributed by atoms with Gasteiger partial charge in [0.15, 0.2) is 11.5 Å². The van der Waals surface area contributed by atoms with Crippen LogP contribution in [0, 0.1) is 0 Å². The molecule has 2 saturated carbocycles. The molecule has 0 aliphatic heterocycles. The fraction of sp³-hybridized carbons (Fsp3) is 0.562. The highest BCUT2D eigenvalue weighted by Crippen LogP contribution is 2.34. The predicted molar refractivity (Wildman–Crippen MR) is 163 cm³/mol. The van der Waals surface area contributed by atoms with Gasteiger partial charge in [-0.15, -0.1) is 12.4 Å². The Balaban J connectivity index is 0.00000441. The van der Waals surface area contributed by atoms with Crippen LogP contribution >= 0.6 is 12.4 Å². The van der Waals surface area contributed by atoms with E-state index in [-0.39, 0.29) is 18.3 Å². The minimum atomic E-state index is 0. The number of nitrogens with two attached hydrogens (primary N) is 1.